The average Bonchev–Trinajstić information content (AvgIpc) is 2.45. The van der Waals surface area contributed by atoms with E-state index in [0.717, 1.165) is 32.1 Å². The third-order valence-corrected chi connectivity index (χ3v) is 3.72. The molecule has 1 aliphatic heterocycles. The monoisotopic (exact) mass is 263 g/mol. The van der Waals surface area contributed by atoms with Gasteiger partial charge in [0.2, 0.25) is 0 Å². The predicted molar refractivity (Wildman–Crippen MR) is 78.5 cm³/mol. The number of nitrogens with zero attached hydrogens (tertiary/aromatic N) is 2. The number of aromatic nitrogens is 1. The van der Waals surface area contributed by atoms with Crippen LogP contribution in [0, 0.1) is 0 Å². The van der Waals surface area contributed by atoms with Crippen LogP contribution < -0.4 is 10.2 Å². The van der Waals surface area contributed by atoms with Crippen LogP contribution in [0.2, 0.25) is 0 Å². The summed E-state index contributed by atoms with van der Waals surface area (Å²) in [6.07, 6.45) is 5.89. The molecule has 1 unspecified atom stereocenters. The molecule has 1 aromatic rings. The minimum absolute atomic E-state index is 0.618. The lowest BCUT2D eigenvalue weighted by molar-refractivity contribution is 0.199. The van der Waals surface area contributed by atoms with Crippen molar-refractivity contribution in [2.75, 3.05) is 31.7 Å². The second-order valence-corrected chi connectivity index (χ2v) is 5.23. The molecule has 1 aromatic heterocycles. The van der Waals surface area contributed by atoms with Gasteiger partial charge in [0.15, 0.2) is 0 Å². The zero-order chi connectivity index (χ0) is 13.5. The minimum Gasteiger partial charge on any atom is -0.383 e. The maximum atomic E-state index is 5.01. The van der Waals surface area contributed by atoms with E-state index in [-0.39, 0.29) is 0 Å². The van der Waals surface area contributed by atoms with Crippen molar-refractivity contribution in [3.8, 4) is 0 Å². The van der Waals surface area contributed by atoms with Crippen LogP contribution in [0.5, 0.6) is 0 Å². The Balaban J connectivity index is 1.87. The van der Waals surface area contributed by atoms with Crippen LogP contribution in [0.4, 0.5) is 5.82 Å². The smallest absolute Gasteiger partial charge is 0.128 e. The lowest BCUT2D eigenvalue weighted by atomic mass is 10.0. The van der Waals surface area contributed by atoms with Gasteiger partial charge in [-0.2, -0.15) is 0 Å². The first kappa shape index (κ1) is 14.3. The van der Waals surface area contributed by atoms with Crippen LogP contribution in [-0.4, -0.2) is 37.8 Å². The molecule has 0 aromatic carbocycles. The molecule has 0 bridgehead atoms. The van der Waals surface area contributed by atoms with E-state index in [2.05, 4.69) is 34.3 Å². The van der Waals surface area contributed by atoms with Gasteiger partial charge in [0, 0.05) is 39.0 Å². The molecular formula is C15H25N3O. The van der Waals surface area contributed by atoms with Gasteiger partial charge in [-0.3, -0.25) is 0 Å². The van der Waals surface area contributed by atoms with E-state index in [1.807, 2.05) is 6.20 Å². The number of hydrogen-bond acceptors (Lipinski definition) is 4. The number of nitrogens with one attached hydrogen (secondary N) is 1. The molecule has 2 rings (SSSR count). The van der Waals surface area contributed by atoms with Crippen molar-refractivity contribution in [1.29, 1.82) is 0 Å². The molecule has 0 aliphatic carbocycles. The lowest BCUT2D eigenvalue weighted by Crippen LogP contribution is -2.37. The molecule has 19 heavy (non-hydrogen) atoms. The van der Waals surface area contributed by atoms with Gasteiger partial charge in [-0.05, 0) is 37.8 Å². The summed E-state index contributed by atoms with van der Waals surface area (Å²) in [4.78, 5) is 7.03. The van der Waals surface area contributed by atoms with E-state index in [0.29, 0.717) is 6.04 Å². The normalized spacial score (nSPS) is 19.7. The fraction of sp³-hybridized carbons (Fsp3) is 0.667. The molecule has 1 fully saturated rings. The van der Waals surface area contributed by atoms with Gasteiger partial charge >= 0.3 is 0 Å². The fourth-order valence-corrected chi connectivity index (χ4v) is 2.54. The molecule has 1 atom stereocenters. The lowest BCUT2D eigenvalue weighted by Gasteiger charge is -2.34. The van der Waals surface area contributed by atoms with Gasteiger partial charge < -0.3 is 15.0 Å². The van der Waals surface area contributed by atoms with E-state index in [9.17, 15) is 0 Å². The Morgan fingerprint density at radius 2 is 2.32 bits per heavy atom. The zero-order valence-corrected chi connectivity index (χ0v) is 12.1. The largest absolute Gasteiger partial charge is 0.383 e. The van der Waals surface area contributed by atoms with E-state index in [4.69, 9.17) is 4.74 Å². The maximum Gasteiger partial charge on any atom is 0.128 e. The van der Waals surface area contributed by atoms with E-state index >= 15 is 0 Å². The van der Waals surface area contributed by atoms with Gasteiger partial charge in [-0.15, -0.1) is 0 Å². The summed E-state index contributed by atoms with van der Waals surface area (Å²) < 4.78 is 5.01. The van der Waals surface area contributed by atoms with Crippen LogP contribution in [-0.2, 0) is 11.3 Å². The Bertz CT molecular complexity index is 366. The second kappa shape index (κ2) is 7.46. The molecule has 1 aliphatic rings. The first-order valence-corrected chi connectivity index (χ1v) is 7.22. The molecule has 0 spiro atoms. The highest BCUT2D eigenvalue weighted by Gasteiger charge is 2.19. The highest BCUT2D eigenvalue weighted by Crippen LogP contribution is 2.22. The molecule has 2 heterocycles. The molecule has 106 valence electrons. The number of piperidine rings is 1. The summed E-state index contributed by atoms with van der Waals surface area (Å²) in [7, 11) is 1.72. The van der Waals surface area contributed by atoms with Crippen molar-refractivity contribution in [3.05, 3.63) is 23.9 Å². The maximum absolute atomic E-state index is 5.01. The Morgan fingerprint density at radius 1 is 1.42 bits per heavy atom. The predicted octanol–water partition coefficient (Wildman–Crippen LogP) is 2.20. The van der Waals surface area contributed by atoms with Crippen LogP contribution in [0.3, 0.4) is 0 Å². The van der Waals surface area contributed by atoms with Crippen molar-refractivity contribution in [2.45, 2.75) is 38.8 Å². The van der Waals surface area contributed by atoms with Crippen LogP contribution in [0.1, 0.15) is 31.7 Å². The number of hydrogen-bond donors (Lipinski definition) is 1. The van der Waals surface area contributed by atoms with Gasteiger partial charge in [0.25, 0.3) is 0 Å². The van der Waals surface area contributed by atoms with Crippen molar-refractivity contribution in [3.63, 3.8) is 0 Å². The van der Waals surface area contributed by atoms with E-state index in [1.165, 1.54) is 24.8 Å². The molecule has 0 amide bonds. The second-order valence-electron chi connectivity index (χ2n) is 5.23. The highest BCUT2D eigenvalue weighted by atomic mass is 16.5. The molecule has 0 saturated carbocycles. The Labute approximate surface area is 116 Å². The Kier molecular flexibility index (Phi) is 5.61. The van der Waals surface area contributed by atoms with Crippen molar-refractivity contribution in [1.82, 2.24) is 10.3 Å². The third kappa shape index (κ3) is 4.18. The Morgan fingerprint density at radius 3 is 3.00 bits per heavy atom. The number of methoxy groups -OCH3 is 1. The van der Waals surface area contributed by atoms with Crippen LogP contribution >= 0.6 is 0 Å². The number of pyridine rings is 1. The standard InChI is InChI=1S/C15H25N3O/c1-13-5-3-4-9-18(13)15-7-6-14(12-17-15)11-16-8-10-19-2/h6-7,12-13,16H,3-5,8-11H2,1-2H3. The van der Waals surface area contributed by atoms with E-state index < -0.39 is 0 Å². The number of ether oxygens (including phenoxy) is 1. The Hall–Kier alpha value is -1.13. The summed E-state index contributed by atoms with van der Waals surface area (Å²) >= 11 is 0. The van der Waals surface area contributed by atoms with Crippen molar-refractivity contribution < 1.29 is 4.74 Å². The molecule has 1 N–H and O–H groups in total. The third-order valence-electron chi connectivity index (χ3n) is 3.72. The summed E-state index contributed by atoms with van der Waals surface area (Å²) in [5.41, 5.74) is 1.23. The summed E-state index contributed by atoms with van der Waals surface area (Å²) in [6, 6.07) is 4.94. The topological polar surface area (TPSA) is 37.4 Å². The quantitative estimate of drug-likeness (QED) is 0.798. The number of anilines is 1. The molecule has 1 saturated heterocycles. The average molecular weight is 263 g/mol. The molecule has 0 radical (unpaired) electrons. The van der Waals surface area contributed by atoms with Crippen LogP contribution in [0.15, 0.2) is 18.3 Å². The van der Waals surface area contributed by atoms with Gasteiger partial charge in [0.05, 0.1) is 6.61 Å². The van der Waals surface area contributed by atoms with Gasteiger partial charge in [-0.1, -0.05) is 6.07 Å². The van der Waals surface area contributed by atoms with E-state index in [1.54, 1.807) is 7.11 Å². The van der Waals surface area contributed by atoms with Gasteiger partial charge in [0.1, 0.15) is 5.82 Å². The molecule has 4 heteroatoms. The van der Waals surface area contributed by atoms with Gasteiger partial charge in [-0.25, -0.2) is 4.98 Å². The summed E-state index contributed by atoms with van der Waals surface area (Å²) in [5.74, 6) is 1.12. The fourth-order valence-electron chi connectivity index (χ4n) is 2.54. The highest BCUT2D eigenvalue weighted by molar-refractivity contribution is 5.40. The van der Waals surface area contributed by atoms with Crippen molar-refractivity contribution in [2.24, 2.45) is 0 Å². The SMILES string of the molecule is COCCNCc1ccc(N2CCCCC2C)nc1. The first-order chi connectivity index (χ1) is 9.31. The molecular weight excluding hydrogens is 238 g/mol. The molecule has 4 nitrogen and oxygen atoms in total. The first-order valence-electron chi connectivity index (χ1n) is 7.22. The minimum atomic E-state index is 0.618. The number of rotatable bonds is 6. The zero-order valence-electron chi connectivity index (χ0n) is 12.1. The van der Waals surface area contributed by atoms with Crippen LogP contribution in [0.25, 0.3) is 0 Å². The van der Waals surface area contributed by atoms with Crippen molar-refractivity contribution >= 4 is 5.82 Å². The summed E-state index contributed by atoms with van der Waals surface area (Å²) in [6.45, 7) is 5.91. The summed E-state index contributed by atoms with van der Waals surface area (Å²) in [5, 5.41) is 3.33.